The highest BCUT2D eigenvalue weighted by atomic mass is 32.1. The molecular formula is C25H35N7OS. The molecule has 0 atom stereocenters. The van der Waals surface area contributed by atoms with E-state index in [1.165, 1.54) is 11.9 Å². The van der Waals surface area contributed by atoms with Crippen molar-refractivity contribution in [3.8, 4) is 0 Å². The van der Waals surface area contributed by atoms with E-state index in [4.69, 9.17) is 20.9 Å². The summed E-state index contributed by atoms with van der Waals surface area (Å²) < 4.78 is 6.76. The second-order valence-corrected chi connectivity index (χ2v) is 10.00. The summed E-state index contributed by atoms with van der Waals surface area (Å²) in [5, 5.41) is 11.9. The topological polar surface area (TPSA) is 103 Å². The van der Waals surface area contributed by atoms with Gasteiger partial charge in [-0.25, -0.2) is 4.98 Å². The van der Waals surface area contributed by atoms with Gasteiger partial charge in [0, 0.05) is 68.9 Å². The summed E-state index contributed by atoms with van der Waals surface area (Å²) in [7, 11) is 0. The summed E-state index contributed by atoms with van der Waals surface area (Å²) in [5.74, 6) is 0.867. The second-order valence-electron chi connectivity index (χ2n) is 8.97. The summed E-state index contributed by atoms with van der Waals surface area (Å²) in [6, 6.07) is 5.99. The van der Waals surface area contributed by atoms with Crippen LogP contribution in [0.15, 0.2) is 40.7 Å². The molecule has 3 heterocycles. The first kappa shape index (κ1) is 24.4. The molecule has 9 heteroatoms. The SMILES string of the molecule is C/C(N)=C(/C=N)c1ccc2nc(NC3=NCCC(N4CCN(CCOC(C)C)CC4)=C3)sc2c1. The molecule has 2 aliphatic rings. The highest BCUT2D eigenvalue weighted by Gasteiger charge is 2.21. The molecule has 4 rings (SSSR count). The van der Waals surface area contributed by atoms with Crippen molar-refractivity contribution < 1.29 is 4.74 Å². The van der Waals surface area contributed by atoms with Gasteiger partial charge in [-0.15, -0.1) is 0 Å². The molecule has 1 saturated heterocycles. The lowest BCUT2D eigenvalue weighted by atomic mass is 10.1. The van der Waals surface area contributed by atoms with Gasteiger partial charge in [0.15, 0.2) is 5.13 Å². The maximum atomic E-state index is 7.65. The Hall–Kier alpha value is -2.75. The maximum Gasteiger partial charge on any atom is 0.189 e. The fourth-order valence-electron chi connectivity index (χ4n) is 4.25. The first-order chi connectivity index (χ1) is 16.4. The summed E-state index contributed by atoms with van der Waals surface area (Å²) in [5.41, 5.74) is 10.5. The number of hydrogen-bond acceptors (Lipinski definition) is 9. The molecule has 1 aromatic carbocycles. The molecule has 0 bridgehead atoms. The number of nitrogens with one attached hydrogen (secondary N) is 2. The van der Waals surface area contributed by atoms with Gasteiger partial charge in [0.25, 0.3) is 0 Å². The monoisotopic (exact) mass is 481 g/mol. The molecule has 0 spiro atoms. The second kappa shape index (κ2) is 11.1. The van der Waals surface area contributed by atoms with Crippen LogP contribution < -0.4 is 11.1 Å². The number of piperazine rings is 1. The molecule has 1 fully saturated rings. The van der Waals surface area contributed by atoms with Crippen LogP contribution in [-0.2, 0) is 4.74 Å². The molecule has 8 nitrogen and oxygen atoms in total. The lowest BCUT2D eigenvalue weighted by molar-refractivity contribution is 0.0483. The van der Waals surface area contributed by atoms with Gasteiger partial charge in [-0.2, -0.15) is 0 Å². The first-order valence-corrected chi connectivity index (χ1v) is 12.7. The van der Waals surface area contributed by atoms with E-state index in [0.29, 0.717) is 11.8 Å². The van der Waals surface area contributed by atoms with E-state index in [-0.39, 0.29) is 0 Å². The number of aliphatic imine (C=N–C) groups is 1. The van der Waals surface area contributed by atoms with Gasteiger partial charge >= 0.3 is 0 Å². The van der Waals surface area contributed by atoms with Crippen LogP contribution in [0.3, 0.4) is 0 Å². The van der Waals surface area contributed by atoms with E-state index in [0.717, 1.165) is 84.6 Å². The molecule has 0 amide bonds. The van der Waals surface area contributed by atoms with Crippen molar-refractivity contribution in [3.63, 3.8) is 0 Å². The molecule has 182 valence electrons. The summed E-state index contributed by atoms with van der Waals surface area (Å²) in [4.78, 5) is 14.4. The molecule has 0 radical (unpaired) electrons. The van der Waals surface area contributed by atoms with Crippen LogP contribution in [0.2, 0.25) is 0 Å². The molecule has 2 aliphatic heterocycles. The van der Waals surface area contributed by atoms with E-state index < -0.39 is 0 Å². The van der Waals surface area contributed by atoms with E-state index in [2.05, 4.69) is 40.0 Å². The number of allylic oxidation sites excluding steroid dienone is 2. The Morgan fingerprint density at radius 3 is 2.79 bits per heavy atom. The highest BCUT2D eigenvalue weighted by Crippen LogP contribution is 2.29. The number of anilines is 1. The first-order valence-electron chi connectivity index (χ1n) is 11.9. The number of benzene rings is 1. The van der Waals surface area contributed by atoms with Gasteiger partial charge < -0.3 is 26.1 Å². The van der Waals surface area contributed by atoms with Crippen molar-refractivity contribution >= 4 is 44.3 Å². The van der Waals surface area contributed by atoms with Crippen molar-refractivity contribution in [2.45, 2.75) is 33.3 Å². The number of thiazole rings is 1. The van der Waals surface area contributed by atoms with E-state index in [1.807, 2.05) is 25.1 Å². The van der Waals surface area contributed by atoms with E-state index in [9.17, 15) is 0 Å². The number of dihydropyridines is 1. The summed E-state index contributed by atoms with van der Waals surface area (Å²) in [6.07, 6.45) is 4.75. The van der Waals surface area contributed by atoms with Gasteiger partial charge in [-0.05, 0) is 44.5 Å². The van der Waals surface area contributed by atoms with Gasteiger partial charge in [0.05, 0.1) is 22.9 Å². The van der Waals surface area contributed by atoms with Crippen LogP contribution in [0.25, 0.3) is 15.8 Å². The molecule has 0 saturated carbocycles. The minimum absolute atomic E-state index is 0.294. The summed E-state index contributed by atoms with van der Waals surface area (Å²) >= 11 is 1.59. The minimum Gasteiger partial charge on any atom is -0.402 e. The van der Waals surface area contributed by atoms with Crippen molar-refractivity contribution in [1.82, 2.24) is 14.8 Å². The smallest absolute Gasteiger partial charge is 0.189 e. The van der Waals surface area contributed by atoms with Crippen molar-refractivity contribution in [1.29, 1.82) is 5.41 Å². The Morgan fingerprint density at radius 2 is 2.09 bits per heavy atom. The third-order valence-electron chi connectivity index (χ3n) is 6.09. The lowest BCUT2D eigenvalue weighted by Gasteiger charge is -2.38. The molecule has 34 heavy (non-hydrogen) atoms. The largest absolute Gasteiger partial charge is 0.402 e. The Bertz CT molecular complexity index is 1110. The van der Waals surface area contributed by atoms with Crippen LogP contribution in [0.5, 0.6) is 0 Å². The van der Waals surface area contributed by atoms with Crippen LogP contribution in [-0.4, -0.2) is 78.8 Å². The number of aromatic nitrogens is 1. The van der Waals surface area contributed by atoms with Crippen LogP contribution in [0.4, 0.5) is 5.13 Å². The molecule has 0 aliphatic carbocycles. The molecule has 1 aromatic heterocycles. The molecule has 4 N–H and O–H groups in total. The van der Waals surface area contributed by atoms with Crippen molar-refractivity contribution in [3.05, 3.63) is 41.2 Å². The predicted molar refractivity (Wildman–Crippen MR) is 143 cm³/mol. The maximum absolute atomic E-state index is 7.65. The number of nitrogens with zero attached hydrogens (tertiary/aromatic N) is 4. The van der Waals surface area contributed by atoms with Crippen molar-refractivity contribution in [2.75, 3.05) is 51.2 Å². The molecular weight excluding hydrogens is 446 g/mol. The number of rotatable bonds is 8. The van der Waals surface area contributed by atoms with Crippen molar-refractivity contribution in [2.24, 2.45) is 10.7 Å². The van der Waals surface area contributed by atoms with Gasteiger partial charge in [0.2, 0.25) is 0 Å². The van der Waals surface area contributed by atoms with E-state index >= 15 is 0 Å². The standard InChI is InChI=1S/C25H35N7OS/c1-17(2)33-13-12-31-8-10-32(11-9-31)20-6-7-28-24(15-20)30-25-29-22-5-4-19(14-23(22)34-25)21(16-26)18(3)27/h4-5,14-17,26H,6-13,27H2,1-3H3,(H,28,29,30)/b21-18+,26-16?. The van der Waals surface area contributed by atoms with Crippen LogP contribution >= 0.6 is 11.3 Å². The molecule has 2 aromatic rings. The Morgan fingerprint density at radius 1 is 1.29 bits per heavy atom. The zero-order chi connectivity index (χ0) is 24.1. The van der Waals surface area contributed by atoms with Crippen LogP contribution in [0, 0.1) is 5.41 Å². The zero-order valence-corrected chi connectivity index (χ0v) is 21.1. The Balaban J connectivity index is 1.38. The zero-order valence-electron chi connectivity index (χ0n) is 20.3. The number of nitrogens with two attached hydrogens (primary N) is 1. The van der Waals surface area contributed by atoms with Gasteiger partial charge in [-0.3, -0.25) is 9.89 Å². The van der Waals surface area contributed by atoms with Gasteiger partial charge in [-0.1, -0.05) is 17.4 Å². The number of fused-ring (bicyclic) bond motifs is 1. The average Bonchev–Trinajstić information content (AvgIpc) is 3.21. The average molecular weight is 482 g/mol. The minimum atomic E-state index is 0.294. The molecule has 0 unspecified atom stereocenters. The number of amidine groups is 1. The highest BCUT2D eigenvalue weighted by molar-refractivity contribution is 7.22. The third kappa shape index (κ3) is 6.02. The Kier molecular flexibility index (Phi) is 7.97. The van der Waals surface area contributed by atoms with E-state index in [1.54, 1.807) is 11.3 Å². The Labute approximate surface area is 205 Å². The van der Waals surface area contributed by atoms with Gasteiger partial charge in [0.1, 0.15) is 5.84 Å². The number of ether oxygens (including phenoxy) is 1. The lowest BCUT2D eigenvalue weighted by Crippen LogP contribution is -2.47. The third-order valence-corrected chi connectivity index (χ3v) is 7.03. The normalized spacial score (nSPS) is 18.1. The fraction of sp³-hybridized carbons (Fsp3) is 0.480. The number of hydrogen-bond donors (Lipinski definition) is 3. The van der Waals surface area contributed by atoms with Crippen LogP contribution in [0.1, 0.15) is 32.8 Å². The fourth-order valence-corrected chi connectivity index (χ4v) is 5.16. The quantitative estimate of drug-likeness (QED) is 0.496. The summed E-state index contributed by atoms with van der Waals surface area (Å²) in [6.45, 7) is 12.8. The predicted octanol–water partition coefficient (Wildman–Crippen LogP) is 3.78.